The van der Waals surface area contributed by atoms with E-state index in [0.717, 1.165) is 73.0 Å². The number of hydrogen-bond donors (Lipinski definition) is 2. The van der Waals surface area contributed by atoms with Gasteiger partial charge in [0.05, 0.1) is 14.2 Å². The van der Waals surface area contributed by atoms with Crippen molar-refractivity contribution in [3.05, 3.63) is 78.6 Å². The highest BCUT2D eigenvalue weighted by Crippen LogP contribution is 2.44. The standard InChI is InChI=1S/C30H22BN3O3/c1-16-24(35-3)15-18-17-11-12-20-29(28(17)37-27(18)25(16)30-32-13-14-34(30)2)36-23-10-6-9-22-26(23)31(20)19-7-4-5-8-21(19)33-22/h4-15,33H,1-3H3/p+1. The molecule has 0 radical (unpaired) electrons. The van der Waals surface area contributed by atoms with Crippen LogP contribution in [-0.2, 0) is 7.05 Å². The van der Waals surface area contributed by atoms with Crippen LogP contribution in [-0.4, -0.2) is 18.8 Å². The van der Waals surface area contributed by atoms with E-state index < -0.39 is 0 Å². The van der Waals surface area contributed by atoms with Crippen LogP contribution in [0.25, 0.3) is 33.3 Å². The Morgan fingerprint density at radius 2 is 1.78 bits per heavy atom. The molecule has 4 heterocycles. The van der Waals surface area contributed by atoms with Crippen LogP contribution in [0.5, 0.6) is 17.2 Å². The van der Waals surface area contributed by atoms with Gasteiger partial charge in [0, 0.05) is 27.7 Å². The molecule has 0 saturated carbocycles. The Balaban J connectivity index is 1.46. The number of H-pyrrole nitrogens is 1. The topological polar surface area (TPSA) is 63.3 Å². The number of fused-ring (bicyclic) bond motifs is 8. The average molecular weight is 484 g/mol. The summed E-state index contributed by atoms with van der Waals surface area (Å²) in [5, 5.41) is 5.60. The van der Waals surface area contributed by atoms with Gasteiger partial charge in [-0.2, -0.15) is 0 Å². The molecule has 8 rings (SSSR count). The number of ether oxygens (including phenoxy) is 2. The average Bonchev–Trinajstić information content (AvgIpc) is 3.51. The molecule has 4 aromatic carbocycles. The van der Waals surface area contributed by atoms with Crippen LogP contribution in [0.4, 0.5) is 11.4 Å². The lowest BCUT2D eigenvalue weighted by Gasteiger charge is -2.33. The summed E-state index contributed by atoms with van der Waals surface area (Å²) in [6.07, 6.45) is 3.92. The van der Waals surface area contributed by atoms with E-state index in [1.807, 2.05) is 31.6 Å². The molecule has 2 N–H and O–H groups in total. The van der Waals surface area contributed by atoms with Crippen molar-refractivity contribution in [2.75, 3.05) is 12.4 Å². The molecule has 6 nitrogen and oxygen atoms in total. The molecule has 0 amide bonds. The summed E-state index contributed by atoms with van der Waals surface area (Å²) < 4.78 is 21.3. The third-order valence-electron chi connectivity index (χ3n) is 7.88. The lowest BCUT2D eigenvalue weighted by atomic mass is 9.34. The van der Waals surface area contributed by atoms with Crippen LogP contribution in [0, 0.1) is 6.92 Å². The number of nitrogens with zero attached hydrogens (tertiary/aromatic N) is 1. The molecular formula is C30H23BN3O3+. The smallest absolute Gasteiger partial charge is 0.290 e. The summed E-state index contributed by atoms with van der Waals surface area (Å²) in [6.45, 7) is 2.12. The second-order valence-corrected chi connectivity index (χ2v) is 9.80. The van der Waals surface area contributed by atoms with Crippen molar-refractivity contribution < 1.29 is 18.5 Å². The summed E-state index contributed by atoms with van der Waals surface area (Å²) in [5.74, 6) is 3.41. The van der Waals surface area contributed by atoms with Crippen LogP contribution in [0.2, 0.25) is 0 Å². The lowest BCUT2D eigenvalue weighted by Crippen LogP contribution is -2.58. The number of para-hydroxylation sites is 1. The number of imidazole rings is 1. The molecule has 2 aliphatic heterocycles. The van der Waals surface area contributed by atoms with Gasteiger partial charge in [-0.05, 0) is 47.6 Å². The Morgan fingerprint density at radius 3 is 2.62 bits per heavy atom. The highest BCUT2D eigenvalue weighted by Gasteiger charge is 2.40. The molecule has 0 aliphatic carbocycles. The number of aromatic amines is 1. The van der Waals surface area contributed by atoms with Crippen molar-refractivity contribution in [3.63, 3.8) is 0 Å². The van der Waals surface area contributed by atoms with E-state index in [1.54, 1.807) is 7.11 Å². The zero-order valence-electron chi connectivity index (χ0n) is 20.7. The van der Waals surface area contributed by atoms with Crippen molar-refractivity contribution in [1.82, 2.24) is 4.98 Å². The van der Waals surface area contributed by atoms with Crippen molar-refractivity contribution in [3.8, 4) is 28.6 Å². The normalized spacial score (nSPS) is 13.1. The van der Waals surface area contributed by atoms with Gasteiger partial charge in [-0.25, -0.2) is 9.55 Å². The number of aromatic nitrogens is 2. The van der Waals surface area contributed by atoms with Crippen molar-refractivity contribution in [2.45, 2.75) is 6.92 Å². The van der Waals surface area contributed by atoms with Crippen molar-refractivity contribution in [1.29, 1.82) is 0 Å². The minimum atomic E-state index is 0.0574. The Hall–Kier alpha value is -4.65. The number of aryl methyl sites for hydroxylation is 1. The number of nitrogens with one attached hydrogen (secondary N) is 2. The molecule has 0 saturated heterocycles. The molecule has 2 aromatic heterocycles. The van der Waals surface area contributed by atoms with Gasteiger partial charge >= 0.3 is 0 Å². The largest absolute Gasteiger partial charge is 0.496 e. The van der Waals surface area contributed by atoms with E-state index in [1.165, 1.54) is 10.9 Å². The van der Waals surface area contributed by atoms with Crippen LogP contribution in [0.1, 0.15) is 5.56 Å². The Kier molecular flexibility index (Phi) is 4.00. The Morgan fingerprint density at radius 1 is 0.919 bits per heavy atom. The summed E-state index contributed by atoms with van der Waals surface area (Å²) in [7, 11) is 3.73. The molecule has 0 fully saturated rings. The Bertz CT molecular complexity index is 1920. The third-order valence-corrected chi connectivity index (χ3v) is 7.88. The molecule has 0 spiro atoms. The van der Waals surface area contributed by atoms with Crippen molar-refractivity contribution in [2.24, 2.45) is 7.05 Å². The minimum Gasteiger partial charge on any atom is -0.496 e. The first-order chi connectivity index (χ1) is 18.1. The first-order valence-corrected chi connectivity index (χ1v) is 12.4. The van der Waals surface area contributed by atoms with Gasteiger partial charge in [-0.3, -0.25) is 0 Å². The summed E-state index contributed by atoms with van der Waals surface area (Å²) >= 11 is 0. The SMILES string of the molecule is COc1cc2c(oc3c4c(ccc32)B2c3ccccc3Nc3cccc(c32)O4)c(-c2[nH]cc[n+]2C)c1C. The minimum absolute atomic E-state index is 0.0574. The number of furan rings is 1. The maximum atomic E-state index is 6.76. The van der Waals surface area contributed by atoms with Crippen LogP contribution >= 0.6 is 0 Å². The fraction of sp³-hybridized carbons (Fsp3) is 0.100. The van der Waals surface area contributed by atoms with Gasteiger partial charge in [0.25, 0.3) is 12.5 Å². The number of anilines is 2. The maximum Gasteiger partial charge on any atom is 0.290 e. The van der Waals surface area contributed by atoms with Crippen LogP contribution < -0.4 is 35.7 Å². The second-order valence-electron chi connectivity index (χ2n) is 9.80. The lowest BCUT2D eigenvalue weighted by molar-refractivity contribution is -0.658. The maximum absolute atomic E-state index is 6.76. The van der Waals surface area contributed by atoms with Crippen LogP contribution in [0.3, 0.4) is 0 Å². The third kappa shape index (κ3) is 2.63. The van der Waals surface area contributed by atoms with E-state index in [2.05, 4.69) is 70.3 Å². The summed E-state index contributed by atoms with van der Waals surface area (Å²) in [5.41, 5.74) is 9.28. The second kappa shape index (κ2) is 7.20. The molecule has 2 aliphatic rings. The molecular weight excluding hydrogens is 461 g/mol. The van der Waals surface area contributed by atoms with Crippen molar-refractivity contribution >= 4 is 56.4 Å². The molecule has 6 aromatic rings. The van der Waals surface area contributed by atoms with E-state index in [0.29, 0.717) is 0 Å². The van der Waals surface area contributed by atoms with E-state index in [4.69, 9.17) is 13.9 Å². The predicted octanol–water partition coefficient (Wildman–Crippen LogP) is 4.40. The predicted molar refractivity (Wildman–Crippen MR) is 147 cm³/mol. The van der Waals surface area contributed by atoms with Gasteiger partial charge in [-0.1, -0.05) is 36.4 Å². The molecule has 0 unspecified atom stereocenters. The molecule has 7 heteroatoms. The van der Waals surface area contributed by atoms with E-state index >= 15 is 0 Å². The fourth-order valence-electron chi connectivity index (χ4n) is 6.15. The highest BCUT2D eigenvalue weighted by atomic mass is 16.5. The van der Waals surface area contributed by atoms with Gasteiger partial charge in [-0.15, -0.1) is 0 Å². The number of methoxy groups -OCH3 is 1. The van der Waals surface area contributed by atoms with E-state index in [9.17, 15) is 0 Å². The highest BCUT2D eigenvalue weighted by molar-refractivity contribution is 6.99. The number of benzene rings is 4. The molecule has 37 heavy (non-hydrogen) atoms. The molecule has 0 bridgehead atoms. The zero-order chi connectivity index (χ0) is 24.8. The summed E-state index contributed by atoms with van der Waals surface area (Å²) in [4.78, 5) is 3.38. The van der Waals surface area contributed by atoms with Gasteiger partial charge in [0.15, 0.2) is 16.9 Å². The monoisotopic (exact) mass is 484 g/mol. The molecule has 178 valence electrons. The number of rotatable bonds is 2. The Labute approximate surface area is 213 Å². The first-order valence-electron chi connectivity index (χ1n) is 12.4. The summed E-state index contributed by atoms with van der Waals surface area (Å²) in [6, 6.07) is 21.1. The number of hydrogen-bond acceptors (Lipinski definition) is 4. The first kappa shape index (κ1) is 20.5. The quantitative estimate of drug-likeness (QED) is 0.282. The zero-order valence-corrected chi connectivity index (χ0v) is 20.7. The van der Waals surface area contributed by atoms with Crippen LogP contribution in [0.15, 0.2) is 77.5 Å². The molecule has 0 atom stereocenters. The fourth-order valence-corrected chi connectivity index (χ4v) is 6.15. The van der Waals surface area contributed by atoms with E-state index in [-0.39, 0.29) is 6.71 Å². The van der Waals surface area contributed by atoms with Gasteiger partial charge < -0.3 is 19.2 Å². The van der Waals surface area contributed by atoms with Gasteiger partial charge in [0.2, 0.25) is 0 Å². The van der Waals surface area contributed by atoms with Gasteiger partial charge in [0.1, 0.15) is 29.5 Å².